The van der Waals surface area contributed by atoms with Crippen molar-refractivity contribution < 1.29 is 28.5 Å². The molecule has 4 rings (SSSR count). The van der Waals surface area contributed by atoms with E-state index in [0.29, 0.717) is 38.2 Å². The Kier molecular flexibility index (Phi) is 7.67. The normalized spacial score (nSPS) is 18.0. The molecule has 2 aliphatic rings. The summed E-state index contributed by atoms with van der Waals surface area (Å²) in [6.07, 6.45) is 5.38. The first-order chi connectivity index (χ1) is 16.8. The molecular formula is C28H36FNO5. The quantitative estimate of drug-likeness (QED) is 0.521. The molecule has 35 heavy (non-hydrogen) atoms. The highest BCUT2D eigenvalue weighted by Crippen LogP contribution is 2.39. The summed E-state index contributed by atoms with van der Waals surface area (Å²) in [6.45, 7) is 4.93. The summed E-state index contributed by atoms with van der Waals surface area (Å²) in [5.41, 5.74) is 3.46. The van der Waals surface area contributed by atoms with Gasteiger partial charge in [-0.15, -0.1) is 0 Å². The van der Waals surface area contributed by atoms with Crippen molar-refractivity contribution in [2.75, 3.05) is 32.3 Å². The number of aliphatic carboxylic acids is 1. The number of nitrogens with zero attached hydrogens (tertiary/aromatic N) is 1. The zero-order chi connectivity index (χ0) is 25.2. The Balaban J connectivity index is 1.77. The molecule has 6 nitrogen and oxygen atoms in total. The van der Waals surface area contributed by atoms with Crippen LogP contribution in [0, 0.1) is 19.7 Å². The van der Waals surface area contributed by atoms with Crippen molar-refractivity contribution in [3.63, 3.8) is 0 Å². The van der Waals surface area contributed by atoms with Gasteiger partial charge in [-0.1, -0.05) is 18.9 Å². The molecule has 0 radical (unpaired) electrons. The Bertz CT molecular complexity index is 1070. The van der Waals surface area contributed by atoms with Crippen molar-refractivity contribution in [3.05, 3.63) is 46.8 Å². The van der Waals surface area contributed by atoms with Crippen molar-refractivity contribution >= 4 is 11.7 Å². The van der Waals surface area contributed by atoms with Crippen LogP contribution in [-0.2, 0) is 20.9 Å². The average molecular weight is 486 g/mol. The van der Waals surface area contributed by atoms with E-state index >= 15 is 4.39 Å². The highest BCUT2D eigenvalue weighted by atomic mass is 19.1. The summed E-state index contributed by atoms with van der Waals surface area (Å²) in [6, 6.07) is 7.55. The van der Waals surface area contributed by atoms with E-state index in [1.807, 2.05) is 50.1 Å². The van der Waals surface area contributed by atoms with Crippen LogP contribution in [-0.4, -0.2) is 50.1 Å². The fraction of sp³-hybridized carbons (Fsp3) is 0.536. The Morgan fingerprint density at radius 3 is 2.49 bits per heavy atom. The lowest BCUT2D eigenvalue weighted by atomic mass is 9.87. The lowest BCUT2D eigenvalue weighted by Gasteiger charge is -2.42. The first kappa shape index (κ1) is 25.5. The molecule has 7 heteroatoms. The molecule has 0 aromatic heterocycles. The van der Waals surface area contributed by atoms with Crippen LogP contribution in [0.3, 0.4) is 0 Å². The van der Waals surface area contributed by atoms with Gasteiger partial charge in [-0.05, 0) is 67.1 Å². The number of aryl methyl sites for hydroxylation is 1. The summed E-state index contributed by atoms with van der Waals surface area (Å²) in [5, 5.41) is 10.1. The maximum atomic E-state index is 15.6. The fourth-order valence-electron chi connectivity index (χ4n) is 5.38. The van der Waals surface area contributed by atoms with E-state index in [-0.39, 0.29) is 11.9 Å². The van der Waals surface area contributed by atoms with Gasteiger partial charge in [0.15, 0.2) is 11.6 Å². The van der Waals surface area contributed by atoms with E-state index in [2.05, 4.69) is 0 Å². The van der Waals surface area contributed by atoms with E-state index in [1.165, 1.54) is 7.11 Å². The lowest BCUT2D eigenvalue weighted by Crippen LogP contribution is -2.56. The number of halogens is 1. The van der Waals surface area contributed by atoms with Crippen LogP contribution in [0.1, 0.15) is 55.2 Å². The molecule has 2 fully saturated rings. The molecule has 1 heterocycles. The zero-order valence-corrected chi connectivity index (χ0v) is 21.2. The van der Waals surface area contributed by atoms with Gasteiger partial charge in [-0.3, -0.25) is 0 Å². The third-order valence-electron chi connectivity index (χ3n) is 7.84. The van der Waals surface area contributed by atoms with Crippen LogP contribution in [0.15, 0.2) is 24.3 Å². The van der Waals surface area contributed by atoms with E-state index in [1.54, 1.807) is 0 Å². The molecule has 1 aliphatic carbocycles. The number of anilines is 1. The number of likely N-dealkylation sites (N-methyl/N-ethyl adjacent to an activating group) is 1. The predicted molar refractivity (Wildman–Crippen MR) is 134 cm³/mol. The average Bonchev–Trinajstić information content (AvgIpc) is 3.39. The van der Waals surface area contributed by atoms with Crippen molar-refractivity contribution in [2.24, 2.45) is 0 Å². The van der Waals surface area contributed by atoms with E-state index < -0.39 is 17.3 Å². The zero-order valence-electron chi connectivity index (χ0n) is 21.2. The Morgan fingerprint density at radius 2 is 1.86 bits per heavy atom. The molecule has 0 amide bonds. The summed E-state index contributed by atoms with van der Waals surface area (Å²) < 4.78 is 32.7. The van der Waals surface area contributed by atoms with Crippen molar-refractivity contribution in [3.8, 4) is 16.9 Å². The molecule has 0 bridgehead atoms. The molecule has 0 unspecified atom stereocenters. The molecule has 1 N–H and O–H groups in total. The van der Waals surface area contributed by atoms with Crippen molar-refractivity contribution in [1.29, 1.82) is 0 Å². The summed E-state index contributed by atoms with van der Waals surface area (Å²) in [5.74, 6) is -1.01. The predicted octanol–water partition coefficient (Wildman–Crippen LogP) is 5.65. The SMILES string of the molecule is COc1c(C)c(C)cc(-c2ccc(N(C)C3(C(=O)O)CCOCC3)cc2COC2CCCC2)c1F. The summed E-state index contributed by atoms with van der Waals surface area (Å²) in [7, 11) is 3.30. The largest absolute Gasteiger partial charge is 0.493 e. The standard InChI is InChI=1S/C28H36FNO5/c1-18-15-24(25(29)26(33-4)19(18)2)23-10-9-21(16-20(23)17-35-22-7-5-6-8-22)30(3)28(27(31)32)11-13-34-14-12-28/h9-10,15-16,22H,5-8,11-14,17H2,1-4H3,(H,31,32). The molecule has 2 aromatic rings. The molecule has 1 saturated carbocycles. The van der Waals surface area contributed by atoms with Crippen molar-refractivity contribution in [2.45, 2.75) is 70.6 Å². The minimum absolute atomic E-state index is 0.198. The van der Waals surface area contributed by atoms with Crippen LogP contribution in [0.2, 0.25) is 0 Å². The number of hydrogen-bond donors (Lipinski definition) is 1. The number of rotatable bonds is 8. The number of carboxylic acids is 1. The van der Waals surface area contributed by atoms with Crippen LogP contribution in [0.5, 0.6) is 5.75 Å². The first-order valence-electron chi connectivity index (χ1n) is 12.4. The van der Waals surface area contributed by atoms with Crippen LogP contribution < -0.4 is 9.64 Å². The number of methoxy groups -OCH3 is 1. The van der Waals surface area contributed by atoms with Gasteiger partial charge in [0, 0.05) is 44.4 Å². The third-order valence-corrected chi connectivity index (χ3v) is 7.84. The van der Waals surface area contributed by atoms with Crippen molar-refractivity contribution in [1.82, 2.24) is 0 Å². The maximum Gasteiger partial charge on any atom is 0.329 e. The molecular weight excluding hydrogens is 449 g/mol. The van der Waals surface area contributed by atoms with E-state index in [0.717, 1.165) is 53.6 Å². The van der Waals surface area contributed by atoms with Gasteiger partial charge in [0.05, 0.1) is 19.8 Å². The van der Waals surface area contributed by atoms with Gasteiger partial charge in [-0.25, -0.2) is 9.18 Å². The summed E-state index contributed by atoms with van der Waals surface area (Å²) in [4.78, 5) is 14.2. The minimum atomic E-state index is -1.04. The second kappa shape index (κ2) is 10.5. The van der Waals surface area contributed by atoms with Gasteiger partial charge in [0.1, 0.15) is 5.54 Å². The van der Waals surface area contributed by atoms with E-state index in [9.17, 15) is 9.90 Å². The Morgan fingerprint density at radius 1 is 1.17 bits per heavy atom. The topological polar surface area (TPSA) is 68.2 Å². The van der Waals surface area contributed by atoms with Crippen LogP contribution >= 0.6 is 0 Å². The highest BCUT2D eigenvalue weighted by molar-refractivity contribution is 5.84. The molecule has 1 aliphatic heterocycles. The van der Waals surface area contributed by atoms with Crippen LogP contribution in [0.25, 0.3) is 11.1 Å². The number of carboxylic acid groups (broad SMARTS) is 1. The van der Waals surface area contributed by atoms with Gasteiger partial charge >= 0.3 is 5.97 Å². The highest BCUT2D eigenvalue weighted by Gasteiger charge is 2.44. The van der Waals surface area contributed by atoms with Gasteiger partial charge in [0.25, 0.3) is 0 Å². The smallest absolute Gasteiger partial charge is 0.329 e. The fourth-order valence-corrected chi connectivity index (χ4v) is 5.38. The number of carbonyl (C=O) groups is 1. The second-order valence-electron chi connectivity index (χ2n) is 9.78. The lowest BCUT2D eigenvalue weighted by molar-refractivity contribution is -0.147. The molecule has 0 spiro atoms. The number of benzene rings is 2. The van der Waals surface area contributed by atoms with Crippen LogP contribution in [0.4, 0.5) is 10.1 Å². The first-order valence-corrected chi connectivity index (χ1v) is 12.4. The Labute approximate surface area is 207 Å². The van der Waals surface area contributed by atoms with E-state index in [4.69, 9.17) is 14.2 Å². The third kappa shape index (κ3) is 4.89. The minimum Gasteiger partial charge on any atom is -0.493 e. The number of ether oxygens (including phenoxy) is 3. The molecule has 0 atom stereocenters. The van der Waals surface area contributed by atoms with Gasteiger partial charge in [0.2, 0.25) is 0 Å². The van der Waals surface area contributed by atoms with Gasteiger partial charge < -0.3 is 24.2 Å². The summed E-state index contributed by atoms with van der Waals surface area (Å²) >= 11 is 0. The monoisotopic (exact) mass is 485 g/mol. The number of hydrogen-bond acceptors (Lipinski definition) is 5. The molecule has 1 saturated heterocycles. The van der Waals surface area contributed by atoms with Gasteiger partial charge in [-0.2, -0.15) is 0 Å². The molecule has 2 aromatic carbocycles. The molecule has 190 valence electrons. The second-order valence-corrected chi connectivity index (χ2v) is 9.78. The maximum absolute atomic E-state index is 15.6. The Hall–Kier alpha value is -2.64.